The van der Waals surface area contributed by atoms with Crippen LogP contribution in [0.25, 0.3) is 5.65 Å². The quantitative estimate of drug-likeness (QED) is 0.910. The molecule has 2 aliphatic rings. The van der Waals surface area contributed by atoms with Crippen LogP contribution in [0.5, 0.6) is 0 Å². The zero-order valence-corrected chi connectivity index (χ0v) is 15.5. The predicted octanol–water partition coefficient (Wildman–Crippen LogP) is 3.47. The van der Waals surface area contributed by atoms with E-state index in [0.717, 1.165) is 30.7 Å². The molecule has 1 amide bonds. The Morgan fingerprint density at radius 2 is 2.00 bits per heavy atom. The smallest absolute Gasteiger partial charge is 0.256 e. The molecule has 1 N–H and O–H groups in total. The number of nitrogens with zero attached hydrogens (tertiary/aromatic N) is 3. The maximum atomic E-state index is 12.9. The van der Waals surface area contributed by atoms with Crippen LogP contribution in [0.2, 0.25) is 0 Å². The summed E-state index contributed by atoms with van der Waals surface area (Å²) in [5.41, 5.74) is 4.95. The van der Waals surface area contributed by atoms with Gasteiger partial charge in [0.2, 0.25) is 0 Å². The minimum Gasteiger partial charge on any atom is -0.349 e. The van der Waals surface area contributed by atoms with Crippen LogP contribution in [0.15, 0.2) is 6.20 Å². The maximum Gasteiger partial charge on any atom is 0.256 e. The third-order valence-corrected chi connectivity index (χ3v) is 6.45. The second-order valence-corrected chi connectivity index (χ2v) is 7.97. The molecule has 2 heterocycles. The monoisotopic (exact) mass is 340 g/mol. The number of hydrogen-bond acceptors (Lipinski definition) is 3. The summed E-state index contributed by atoms with van der Waals surface area (Å²) in [6.45, 7) is 6.64. The van der Waals surface area contributed by atoms with E-state index in [1.165, 1.54) is 31.2 Å². The van der Waals surface area contributed by atoms with Crippen molar-refractivity contribution in [2.75, 3.05) is 0 Å². The van der Waals surface area contributed by atoms with E-state index in [2.05, 4.69) is 31.2 Å². The second kappa shape index (κ2) is 6.43. The lowest BCUT2D eigenvalue weighted by Crippen LogP contribution is -2.43. The fourth-order valence-corrected chi connectivity index (χ4v) is 4.55. The van der Waals surface area contributed by atoms with E-state index in [1.807, 2.05) is 4.52 Å². The number of aromatic nitrogens is 3. The van der Waals surface area contributed by atoms with Gasteiger partial charge in [0.1, 0.15) is 5.56 Å². The van der Waals surface area contributed by atoms with Crippen molar-refractivity contribution in [3.05, 3.63) is 28.7 Å². The fraction of sp³-hybridized carbons (Fsp3) is 0.650. The number of rotatable bonds is 2. The minimum atomic E-state index is -0.0244. The summed E-state index contributed by atoms with van der Waals surface area (Å²) >= 11 is 0. The molecule has 1 fully saturated rings. The van der Waals surface area contributed by atoms with Gasteiger partial charge in [-0.1, -0.05) is 26.7 Å². The summed E-state index contributed by atoms with van der Waals surface area (Å²) in [7, 11) is 0. The Hall–Kier alpha value is -1.91. The Labute approximate surface area is 149 Å². The van der Waals surface area contributed by atoms with E-state index in [0.29, 0.717) is 23.0 Å². The lowest BCUT2D eigenvalue weighted by Gasteiger charge is -2.34. The van der Waals surface area contributed by atoms with Gasteiger partial charge in [-0.15, -0.1) is 0 Å². The summed E-state index contributed by atoms with van der Waals surface area (Å²) in [4.78, 5) is 17.7. The molecule has 0 saturated heterocycles. The molecular weight excluding hydrogens is 312 g/mol. The van der Waals surface area contributed by atoms with Gasteiger partial charge in [-0.25, -0.2) is 9.50 Å². The molecule has 4 rings (SSSR count). The third kappa shape index (κ3) is 2.83. The van der Waals surface area contributed by atoms with Gasteiger partial charge in [-0.05, 0) is 56.4 Å². The second-order valence-electron chi connectivity index (χ2n) is 7.97. The molecule has 134 valence electrons. The largest absolute Gasteiger partial charge is 0.349 e. The Kier molecular flexibility index (Phi) is 4.26. The lowest BCUT2D eigenvalue weighted by atomic mass is 9.78. The molecule has 0 radical (unpaired) electrons. The zero-order chi connectivity index (χ0) is 17.6. The highest BCUT2D eigenvalue weighted by Crippen LogP contribution is 2.30. The SMILES string of the molecule is Cc1c2c(nc3c(C(=O)NC4CCCC(C)C4C)cnn13)CCCC2. The van der Waals surface area contributed by atoms with Gasteiger partial charge < -0.3 is 5.32 Å². The first kappa shape index (κ1) is 16.6. The minimum absolute atomic E-state index is 0.0244. The number of hydrogen-bond donors (Lipinski definition) is 1. The van der Waals surface area contributed by atoms with Crippen LogP contribution in [-0.2, 0) is 12.8 Å². The number of nitrogens with one attached hydrogen (secondary N) is 1. The van der Waals surface area contributed by atoms with Gasteiger partial charge in [0.25, 0.3) is 5.91 Å². The van der Waals surface area contributed by atoms with Gasteiger partial charge >= 0.3 is 0 Å². The van der Waals surface area contributed by atoms with Crippen LogP contribution in [0.4, 0.5) is 0 Å². The van der Waals surface area contributed by atoms with Crippen LogP contribution >= 0.6 is 0 Å². The van der Waals surface area contributed by atoms with Gasteiger partial charge in [-0.3, -0.25) is 4.79 Å². The predicted molar refractivity (Wildman–Crippen MR) is 97.8 cm³/mol. The van der Waals surface area contributed by atoms with Crippen LogP contribution in [0.3, 0.4) is 0 Å². The molecular formula is C20H28N4O. The fourth-order valence-electron chi connectivity index (χ4n) is 4.55. The average Bonchev–Trinajstić information content (AvgIpc) is 3.03. The Morgan fingerprint density at radius 3 is 2.84 bits per heavy atom. The molecule has 2 aromatic rings. The lowest BCUT2D eigenvalue weighted by molar-refractivity contribution is 0.0892. The molecule has 5 nitrogen and oxygen atoms in total. The number of carbonyl (C=O) groups excluding carboxylic acids is 1. The highest BCUT2D eigenvalue weighted by atomic mass is 16.1. The Balaban J connectivity index is 1.65. The van der Waals surface area contributed by atoms with Gasteiger partial charge in [0.05, 0.1) is 6.20 Å². The van der Waals surface area contributed by atoms with Crippen molar-refractivity contribution in [1.82, 2.24) is 19.9 Å². The van der Waals surface area contributed by atoms with E-state index < -0.39 is 0 Å². The van der Waals surface area contributed by atoms with Crippen molar-refractivity contribution in [3.63, 3.8) is 0 Å². The van der Waals surface area contributed by atoms with E-state index in [9.17, 15) is 4.79 Å². The molecule has 2 aliphatic carbocycles. The maximum absolute atomic E-state index is 12.9. The first-order valence-corrected chi connectivity index (χ1v) is 9.73. The van der Waals surface area contributed by atoms with Crippen molar-refractivity contribution in [3.8, 4) is 0 Å². The van der Waals surface area contributed by atoms with E-state index in [4.69, 9.17) is 4.98 Å². The van der Waals surface area contributed by atoms with Crippen molar-refractivity contribution in [2.45, 2.75) is 71.8 Å². The van der Waals surface area contributed by atoms with Gasteiger partial charge in [0, 0.05) is 17.4 Å². The molecule has 0 aromatic carbocycles. The molecule has 1 saturated carbocycles. The highest BCUT2D eigenvalue weighted by Gasteiger charge is 2.29. The van der Waals surface area contributed by atoms with Crippen molar-refractivity contribution < 1.29 is 4.79 Å². The molecule has 3 unspecified atom stereocenters. The van der Waals surface area contributed by atoms with E-state index in [-0.39, 0.29) is 11.9 Å². The van der Waals surface area contributed by atoms with Crippen LogP contribution < -0.4 is 5.32 Å². The van der Waals surface area contributed by atoms with E-state index >= 15 is 0 Å². The number of aryl methyl sites for hydroxylation is 2. The van der Waals surface area contributed by atoms with Crippen molar-refractivity contribution in [1.29, 1.82) is 0 Å². The summed E-state index contributed by atoms with van der Waals surface area (Å²) in [6, 6.07) is 0.255. The van der Waals surface area contributed by atoms with Crippen molar-refractivity contribution >= 4 is 11.6 Å². The van der Waals surface area contributed by atoms with Crippen molar-refractivity contribution in [2.24, 2.45) is 11.8 Å². The number of carbonyl (C=O) groups is 1. The molecule has 5 heteroatoms. The zero-order valence-electron chi connectivity index (χ0n) is 15.5. The van der Waals surface area contributed by atoms with Crippen LogP contribution in [0.1, 0.15) is 73.3 Å². The summed E-state index contributed by atoms with van der Waals surface area (Å²) in [5, 5.41) is 7.73. The summed E-state index contributed by atoms with van der Waals surface area (Å²) < 4.78 is 1.85. The van der Waals surface area contributed by atoms with Gasteiger partial charge in [-0.2, -0.15) is 5.10 Å². The molecule has 0 bridgehead atoms. The van der Waals surface area contributed by atoms with Gasteiger partial charge in [0.15, 0.2) is 5.65 Å². The third-order valence-electron chi connectivity index (χ3n) is 6.45. The molecule has 2 aromatic heterocycles. The standard InChI is InChI=1S/C20H28N4O/c1-12-7-6-10-17(13(12)2)23-20(25)16-11-21-24-14(3)15-8-4-5-9-18(15)22-19(16)24/h11-13,17H,4-10H2,1-3H3,(H,23,25). The summed E-state index contributed by atoms with van der Waals surface area (Å²) in [5.74, 6) is 1.15. The Morgan fingerprint density at radius 1 is 1.20 bits per heavy atom. The number of fused-ring (bicyclic) bond motifs is 2. The topological polar surface area (TPSA) is 59.3 Å². The summed E-state index contributed by atoms with van der Waals surface area (Å²) in [6.07, 6.45) is 9.69. The molecule has 0 spiro atoms. The molecule has 3 atom stereocenters. The number of amides is 1. The highest BCUT2D eigenvalue weighted by molar-refractivity contribution is 5.99. The van der Waals surface area contributed by atoms with Crippen LogP contribution in [-0.4, -0.2) is 26.5 Å². The molecule has 0 aliphatic heterocycles. The Bertz CT molecular complexity index is 810. The van der Waals surface area contributed by atoms with E-state index in [1.54, 1.807) is 6.20 Å². The first-order valence-electron chi connectivity index (χ1n) is 9.73. The molecule has 25 heavy (non-hydrogen) atoms. The first-order chi connectivity index (χ1) is 12.1. The normalized spacial score (nSPS) is 26.4. The average molecular weight is 340 g/mol. The van der Waals surface area contributed by atoms with Crippen LogP contribution in [0, 0.1) is 18.8 Å².